The molecule has 98 valence electrons. The van der Waals surface area contributed by atoms with Crippen LogP contribution in [0, 0.1) is 12.7 Å². The fraction of sp³-hybridized carbons (Fsp3) is 0.0833. The van der Waals surface area contributed by atoms with Gasteiger partial charge in [0.25, 0.3) is 5.91 Å². The van der Waals surface area contributed by atoms with Crippen LogP contribution >= 0.6 is 11.6 Å². The number of halogens is 2. The minimum absolute atomic E-state index is 0.107. The molecule has 0 radical (unpaired) electrons. The molecule has 1 heterocycles. The van der Waals surface area contributed by atoms with Crippen LogP contribution < -0.4 is 11.1 Å². The monoisotopic (exact) mass is 280 g/mol. The lowest BCUT2D eigenvalue weighted by Gasteiger charge is -2.07. The standard InChI is InChI=1S/C12H10ClFN4O/c1-6-8(14)2-7(3-9(6)15)12(19)18-11-4-10(13)16-5-17-11/h2-5H,15H2,1H3,(H,16,17,18,19). The van der Waals surface area contributed by atoms with Crippen LogP contribution in [0.25, 0.3) is 0 Å². The largest absolute Gasteiger partial charge is 0.398 e. The van der Waals surface area contributed by atoms with Crippen LogP contribution in [0.4, 0.5) is 15.9 Å². The van der Waals surface area contributed by atoms with Gasteiger partial charge in [0.05, 0.1) is 0 Å². The van der Waals surface area contributed by atoms with Crippen molar-refractivity contribution < 1.29 is 9.18 Å². The fourth-order valence-corrected chi connectivity index (χ4v) is 1.57. The van der Waals surface area contributed by atoms with E-state index in [1.54, 1.807) is 0 Å². The Morgan fingerprint density at radius 1 is 1.37 bits per heavy atom. The highest BCUT2D eigenvalue weighted by molar-refractivity contribution is 6.29. The Morgan fingerprint density at radius 3 is 2.74 bits per heavy atom. The summed E-state index contributed by atoms with van der Waals surface area (Å²) in [6.45, 7) is 1.54. The molecule has 5 nitrogen and oxygen atoms in total. The van der Waals surface area contributed by atoms with E-state index in [0.717, 1.165) is 6.07 Å². The highest BCUT2D eigenvalue weighted by Crippen LogP contribution is 2.18. The molecule has 2 rings (SSSR count). The molecule has 3 N–H and O–H groups in total. The fourth-order valence-electron chi connectivity index (χ4n) is 1.42. The molecular formula is C12H10ClFN4O. The first-order valence-electron chi connectivity index (χ1n) is 5.32. The summed E-state index contributed by atoms with van der Waals surface area (Å²) in [5, 5.41) is 2.67. The van der Waals surface area contributed by atoms with Crippen molar-refractivity contribution in [2.24, 2.45) is 0 Å². The van der Waals surface area contributed by atoms with E-state index in [0.29, 0.717) is 5.56 Å². The van der Waals surface area contributed by atoms with E-state index in [2.05, 4.69) is 15.3 Å². The Labute approximate surface area is 113 Å². The van der Waals surface area contributed by atoms with Gasteiger partial charge >= 0.3 is 0 Å². The SMILES string of the molecule is Cc1c(N)cc(C(=O)Nc2cc(Cl)ncn2)cc1F. The second-order valence-electron chi connectivity index (χ2n) is 3.85. The number of benzene rings is 1. The van der Waals surface area contributed by atoms with Crippen LogP contribution in [0.3, 0.4) is 0 Å². The van der Waals surface area contributed by atoms with Crippen LogP contribution in [-0.4, -0.2) is 15.9 Å². The van der Waals surface area contributed by atoms with Crippen molar-refractivity contribution in [3.8, 4) is 0 Å². The molecule has 0 unspecified atom stereocenters. The molecular weight excluding hydrogens is 271 g/mol. The van der Waals surface area contributed by atoms with Gasteiger partial charge in [-0.3, -0.25) is 4.79 Å². The van der Waals surface area contributed by atoms with Crippen molar-refractivity contribution in [1.82, 2.24) is 9.97 Å². The van der Waals surface area contributed by atoms with E-state index >= 15 is 0 Å². The van der Waals surface area contributed by atoms with Crippen LogP contribution in [0.15, 0.2) is 24.5 Å². The Kier molecular flexibility index (Phi) is 3.62. The van der Waals surface area contributed by atoms with E-state index in [4.69, 9.17) is 17.3 Å². The maximum absolute atomic E-state index is 13.5. The summed E-state index contributed by atoms with van der Waals surface area (Å²) in [5.74, 6) is -0.837. The zero-order valence-corrected chi connectivity index (χ0v) is 10.7. The van der Waals surface area contributed by atoms with E-state index in [-0.39, 0.29) is 22.2 Å². The summed E-state index contributed by atoms with van der Waals surface area (Å²) in [6.07, 6.45) is 1.21. The Morgan fingerprint density at radius 2 is 2.11 bits per heavy atom. The van der Waals surface area contributed by atoms with Gasteiger partial charge in [0.1, 0.15) is 23.1 Å². The van der Waals surface area contributed by atoms with Gasteiger partial charge in [-0.1, -0.05) is 11.6 Å². The molecule has 0 saturated heterocycles. The second kappa shape index (κ2) is 5.19. The molecule has 0 atom stereocenters. The molecule has 0 saturated carbocycles. The van der Waals surface area contributed by atoms with Gasteiger partial charge in [-0.25, -0.2) is 14.4 Å². The molecule has 19 heavy (non-hydrogen) atoms. The lowest BCUT2D eigenvalue weighted by Crippen LogP contribution is -2.14. The molecule has 0 aliphatic rings. The minimum Gasteiger partial charge on any atom is -0.398 e. The van der Waals surface area contributed by atoms with Gasteiger partial charge in [-0.2, -0.15) is 0 Å². The molecule has 0 bridgehead atoms. The minimum atomic E-state index is -0.536. The van der Waals surface area contributed by atoms with Gasteiger partial charge in [0, 0.05) is 22.9 Å². The van der Waals surface area contributed by atoms with E-state index in [1.165, 1.54) is 25.4 Å². The molecule has 0 aliphatic carbocycles. The van der Waals surface area contributed by atoms with Crippen molar-refractivity contribution in [2.75, 3.05) is 11.1 Å². The summed E-state index contributed by atoms with van der Waals surface area (Å²) < 4.78 is 13.5. The number of nitrogens with one attached hydrogen (secondary N) is 1. The Hall–Kier alpha value is -2.21. The van der Waals surface area contributed by atoms with Crippen molar-refractivity contribution in [3.63, 3.8) is 0 Å². The summed E-state index contributed by atoms with van der Waals surface area (Å²) in [6, 6.07) is 3.90. The number of aromatic nitrogens is 2. The van der Waals surface area contributed by atoms with E-state index in [9.17, 15) is 9.18 Å². The molecule has 1 aromatic heterocycles. The lowest BCUT2D eigenvalue weighted by molar-refractivity contribution is 0.102. The van der Waals surface area contributed by atoms with Crippen LogP contribution in [0.1, 0.15) is 15.9 Å². The average molecular weight is 281 g/mol. The number of nitrogens with zero attached hydrogens (tertiary/aromatic N) is 2. The predicted octanol–water partition coefficient (Wildman–Crippen LogP) is 2.41. The van der Waals surface area contributed by atoms with Crippen molar-refractivity contribution in [1.29, 1.82) is 0 Å². The number of nitrogens with two attached hydrogens (primary N) is 1. The number of nitrogen functional groups attached to an aromatic ring is 1. The number of rotatable bonds is 2. The predicted molar refractivity (Wildman–Crippen MR) is 70.5 cm³/mol. The van der Waals surface area contributed by atoms with Crippen molar-refractivity contribution in [2.45, 2.75) is 6.92 Å². The third-order valence-electron chi connectivity index (χ3n) is 2.52. The van der Waals surface area contributed by atoms with Crippen molar-refractivity contribution >= 4 is 29.0 Å². The highest BCUT2D eigenvalue weighted by atomic mass is 35.5. The highest BCUT2D eigenvalue weighted by Gasteiger charge is 2.12. The maximum Gasteiger partial charge on any atom is 0.256 e. The summed E-state index contributed by atoms with van der Waals surface area (Å²) in [5.41, 5.74) is 6.24. The Bertz CT molecular complexity index is 624. The number of anilines is 2. The first kappa shape index (κ1) is 13.2. The second-order valence-corrected chi connectivity index (χ2v) is 4.24. The lowest BCUT2D eigenvalue weighted by atomic mass is 10.1. The first-order valence-corrected chi connectivity index (χ1v) is 5.69. The quantitative estimate of drug-likeness (QED) is 0.654. The normalized spacial score (nSPS) is 10.3. The number of carbonyl (C=O) groups is 1. The zero-order chi connectivity index (χ0) is 14.0. The van der Waals surface area contributed by atoms with Gasteiger partial charge in [0.15, 0.2) is 0 Å². The Balaban J connectivity index is 2.25. The van der Waals surface area contributed by atoms with Crippen LogP contribution in [-0.2, 0) is 0 Å². The topological polar surface area (TPSA) is 80.9 Å². The van der Waals surface area contributed by atoms with E-state index in [1.807, 2.05) is 0 Å². The molecule has 7 heteroatoms. The molecule has 0 spiro atoms. The van der Waals surface area contributed by atoms with Gasteiger partial charge in [-0.15, -0.1) is 0 Å². The van der Waals surface area contributed by atoms with Gasteiger partial charge in [-0.05, 0) is 19.1 Å². The third-order valence-corrected chi connectivity index (χ3v) is 2.73. The molecule has 0 fully saturated rings. The molecule has 1 amide bonds. The zero-order valence-electron chi connectivity index (χ0n) is 9.95. The number of hydrogen-bond acceptors (Lipinski definition) is 4. The summed E-state index contributed by atoms with van der Waals surface area (Å²) in [7, 11) is 0. The smallest absolute Gasteiger partial charge is 0.256 e. The van der Waals surface area contributed by atoms with Gasteiger partial charge in [0.2, 0.25) is 0 Å². The number of hydrogen-bond donors (Lipinski definition) is 2. The van der Waals surface area contributed by atoms with E-state index < -0.39 is 11.7 Å². The van der Waals surface area contributed by atoms with Crippen LogP contribution in [0.5, 0.6) is 0 Å². The summed E-state index contributed by atoms with van der Waals surface area (Å²) in [4.78, 5) is 19.4. The van der Waals surface area contributed by atoms with Crippen LogP contribution in [0.2, 0.25) is 5.15 Å². The first-order chi connectivity index (χ1) is 8.97. The molecule has 2 aromatic rings. The molecule has 0 aliphatic heterocycles. The maximum atomic E-state index is 13.5. The van der Waals surface area contributed by atoms with Gasteiger partial charge < -0.3 is 11.1 Å². The number of carbonyl (C=O) groups excluding carboxylic acids is 1. The summed E-state index contributed by atoms with van der Waals surface area (Å²) >= 11 is 5.66. The third kappa shape index (κ3) is 2.97. The number of amides is 1. The molecule has 1 aromatic carbocycles. The average Bonchev–Trinajstić information content (AvgIpc) is 2.35. The van der Waals surface area contributed by atoms with Crippen molar-refractivity contribution in [3.05, 3.63) is 46.6 Å².